The fourth-order valence-corrected chi connectivity index (χ4v) is 3.38. The van der Waals surface area contributed by atoms with Gasteiger partial charge in [0.15, 0.2) is 0 Å². The summed E-state index contributed by atoms with van der Waals surface area (Å²) in [5, 5.41) is 8.82. The zero-order valence-electron chi connectivity index (χ0n) is 16.3. The summed E-state index contributed by atoms with van der Waals surface area (Å²) in [6.45, 7) is 4.67. The number of aromatic nitrogens is 5. The third-order valence-corrected chi connectivity index (χ3v) is 5.11. The van der Waals surface area contributed by atoms with Gasteiger partial charge in [-0.25, -0.2) is 9.36 Å². The molecule has 0 aromatic carbocycles. The van der Waals surface area contributed by atoms with Crippen molar-refractivity contribution < 1.29 is 0 Å². The highest BCUT2D eigenvalue weighted by Gasteiger charge is 2.18. The van der Waals surface area contributed by atoms with E-state index in [2.05, 4.69) is 25.0 Å². The maximum absolute atomic E-state index is 12.2. The SMILES string of the molecule is Cn1nc(N2CCN(CCn3nc(-c4ccncc4)ccc3=O)CC2)ccc1=O. The molecular formula is C20H23N7O2. The Morgan fingerprint density at radius 3 is 2.28 bits per heavy atom. The van der Waals surface area contributed by atoms with Crippen molar-refractivity contribution in [2.24, 2.45) is 7.05 Å². The second kappa shape index (κ2) is 8.36. The molecule has 0 aliphatic carbocycles. The third kappa shape index (κ3) is 4.40. The summed E-state index contributed by atoms with van der Waals surface area (Å²) < 4.78 is 2.88. The van der Waals surface area contributed by atoms with Crippen molar-refractivity contribution in [3.05, 3.63) is 69.5 Å². The molecule has 1 fully saturated rings. The van der Waals surface area contributed by atoms with Crippen LogP contribution >= 0.6 is 0 Å². The summed E-state index contributed by atoms with van der Waals surface area (Å²) in [4.78, 5) is 32.2. The molecule has 9 heteroatoms. The van der Waals surface area contributed by atoms with Crippen LogP contribution in [0.2, 0.25) is 0 Å². The van der Waals surface area contributed by atoms with Gasteiger partial charge in [0.1, 0.15) is 5.82 Å². The lowest BCUT2D eigenvalue weighted by Gasteiger charge is -2.35. The Labute approximate surface area is 167 Å². The molecule has 29 heavy (non-hydrogen) atoms. The van der Waals surface area contributed by atoms with Crippen molar-refractivity contribution in [3.8, 4) is 11.3 Å². The number of hydrogen-bond acceptors (Lipinski definition) is 7. The second-order valence-electron chi connectivity index (χ2n) is 7.00. The first-order chi connectivity index (χ1) is 14.1. The molecule has 0 bridgehead atoms. The molecule has 0 spiro atoms. The summed E-state index contributed by atoms with van der Waals surface area (Å²) in [5.74, 6) is 0.815. The van der Waals surface area contributed by atoms with Crippen LogP contribution in [0.1, 0.15) is 0 Å². The van der Waals surface area contributed by atoms with Crippen molar-refractivity contribution in [3.63, 3.8) is 0 Å². The van der Waals surface area contributed by atoms with Gasteiger partial charge in [-0.15, -0.1) is 0 Å². The number of nitrogens with zero attached hydrogens (tertiary/aromatic N) is 7. The Hall–Kier alpha value is -3.33. The third-order valence-electron chi connectivity index (χ3n) is 5.11. The first-order valence-electron chi connectivity index (χ1n) is 9.60. The van der Waals surface area contributed by atoms with Crippen molar-refractivity contribution >= 4 is 5.82 Å². The van der Waals surface area contributed by atoms with Crippen LogP contribution in [-0.2, 0) is 13.6 Å². The minimum absolute atomic E-state index is 0.101. The van der Waals surface area contributed by atoms with Crippen molar-refractivity contribution in [2.75, 3.05) is 37.6 Å². The van der Waals surface area contributed by atoms with E-state index in [1.165, 1.54) is 9.36 Å². The van der Waals surface area contributed by atoms with Crippen molar-refractivity contribution in [1.82, 2.24) is 29.4 Å². The Morgan fingerprint density at radius 2 is 1.55 bits per heavy atom. The normalized spacial score (nSPS) is 14.9. The Morgan fingerprint density at radius 1 is 0.828 bits per heavy atom. The van der Waals surface area contributed by atoms with Crippen LogP contribution in [0.5, 0.6) is 0 Å². The fourth-order valence-electron chi connectivity index (χ4n) is 3.38. The Balaban J connectivity index is 1.36. The van der Waals surface area contributed by atoms with E-state index < -0.39 is 0 Å². The summed E-state index contributed by atoms with van der Waals surface area (Å²) in [5.41, 5.74) is 1.49. The minimum atomic E-state index is -0.112. The standard InChI is InChI=1S/C20H23N7O2/c1-24-19(28)5-3-18(23-24)26-13-10-25(11-14-26)12-15-27-20(29)4-2-17(22-27)16-6-8-21-9-7-16/h2-9H,10-15H2,1H3. The predicted octanol–water partition coefficient (Wildman–Crippen LogP) is 0.221. The van der Waals surface area contributed by atoms with Crippen LogP contribution in [0.15, 0.2) is 58.4 Å². The summed E-state index contributed by atoms with van der Waals surface area (Å²) in [6, 6.07) is 10.4. The highest BCUT2D eigenvalue weighted by Crippen LogP contribution is 2.14. The van der Waals surface area contributed by atoms with Gasteiger partial charge in [-0.05, 0) is 24.3 Å². The van der Waals surface area contributed by atoms with Crippen LogP contribution in [0, 0.1) is 0 Å². The molecule has 3 aromatic rings. The topological polar surface area (TPSA) is 89.2 Å². The molecule has 1 aliphatic heterocycles. The first kappa shape index (κ1) is 19.0. The molecule has 1 saturated heterocycles. The smallest absolute Gasteiger partial charge is 0.266 e. The highest BCUT2D eigenvalue weighted by molar-refractivity contribution is 5.56. The Kier molecular flexibility index (Phi) is 5.48. The molecule has 0 saturated carbocycles. The van der Waals surface area contributed by atoms with Gasteiger partial charge < -0.3 is 4.90 Å². The molecule has 0 unspecified atom stereocenters. The van der Waals surface area contributed by atoms with Gasteiger partial charge in [0.2, 0.25) is 0 Å². The summed E-state index contributed by atoms with van der Waals surface area (Å²) in [6.07, 6.45) is 3.43. The molecule has 4 rings (SSSR count). The Bertz CT molecular complexity index is 1090. The average molecular weight is 393 g/mol. The van der Waals surface area contributed by atoms with Gasteiger partial charge in [0.05, 0.1) is 12.2 Å². The lowest BCUT2D eigenvalue weighted by Crippen LogP contribution is -2.48. The lowest BCUT2D eigenvalue weighted by atomic mass is 10.2. The molecule has 150 valence electrons. The van der Waals surface area contributed by atoms with Crippen molar-refractivity contribution in [1.29, 1.82) is 0 Å². The van der Waals surface area contributed by atoms with Crippen molar-refractivity contribution in [2.45, 2.75) is 6.54 Å². The second-order valence-corrected chi connectivity index (χ2v) is 7.00. The molecular weight excluding hydrogens is 370 g/mol. The molecule has 9 nitrogen and oxygen atoms in total. The van der Waals surface area contributed by atoms with Crippen LogP contribution in [0.3, 0.4) is 0 Å². The van der Waals surface area contributed by atoms with Crippen LogP contribution in [-0.4, -0.2) is 62.2 Å². The van der Waals surface area contributed by atoms with E-state index in [1.54, 1.807) is 43.7 Å². The zero-order chi connectivity index (χ0) is 20.2. The van der Waals surface area contributed by atoms with Gasteiger partial charge >= 0.3 is 0 Å². The molecule has 3 aromatic heterocycles. The van der Waals surface area contributed by atoms with Gasteiger partial charge in [0.25, 0.3) is 11.1 Å². The van der Waals surface area contributed by atoms with Crippen LogP contribution in [0.4, 0.5) is 5.82 Å². The zero-order valence-corrected chi connectivity index (χ0v) is 16.3. The number of pyridine rings is 1. The van der Waals surface area contributed by atoms with Crippen LogP contribution in [0.25, 0.3) is 11.3 Å². The quantitative estimate of drug-likeness (QED) is 0.613. The number of anilines is 1. The molecule has 4 heterocycles. The average Bonchev–Trinajstić information content (AvgIpc) is 2.76. The number of rotatable bonds is 5. The summed E-state index contributed by atoms with van der Waals surface area (Å²) >= 11 is 0. The highest BCUT2D eigenvalue weighted by atomic mass is 16.1. The largest absolute Gasteiger partial charge is 0.353 e. The van der Waals surface area contributed by atoms with E-state index in [1.807, 2.05) is 12.1 Å². The van der Waals surface area contributed by atoms with Crippen LogP contribution < -0.4 is 16.0 Å². The van der Waals surface area contributed by atoms with Gasteiger partial charge in [-0.3, -0.25) is 19.5 Å². The molecule has 0 radical (unpaired) electrons. The summed E-state index contributed by atoms with van der Waals surface area (Å²) in [7, 11) is 1.66. The molecule has 0 N–H and O–H groups in total. The molecule has 0 amide bonds. The van der Waals surface area contributed by atoms with E-state index >= 15 is 0 Å². The molecule has 1 aliphatic rings. The molecule has 0 atom stereocenters. The van der Waals surface area contributed by atoms with Gasteiger partial charge in [0, 0.05) is 69.9 Å². The first-order valence-corrected chi connectivity index (χ1v) is 9.60. The maximum atomic E-state index is 12.2. The van der Waals surface area contributed by atoms with E-state index in [9.17, 15) is 9.59 Å². The monoisotopic (exact) mass is 393 g/mol. The van der Waals surface area contributed by atoms with E-state index in [-0.39, 0.29) is 11.1 Å². The predicted molar refractivity (Wildman–Crippen MR) is 110 cm³/mol. The fraction of sp³-hybridized carbons (Fsp3) is 0.350. The number of hydrogen-bond donors (Lipinski definition) is 0. The maximum Gasteiger partial charge on any atom is 0.266 e. The van der Waals surface area contributed by atoms with E-state index in [0.29, 0.717) is 6.54 Å². The van der Waals surface area contributed by atoms with E-state index in [0.717, 1.165) is 49.8 Å². The van der Waals surface area contributed by atoms with E-state index in [4.69, 9.17) is 0 Å². The van der Waals surface area contributed by atoms with Gasteiger partial charge in [-0.2, -0.15) is 10.2 Å². The van der Waals surface area contributed by atoms with Gasteiger partial charge in [-0.1, -0.05) is 0 Å². The number of piperazine rings is 1. The lowest BCUT2D eigenvalue weighted by molar-refractivity contribution is 0.242. The number of aryl methyl sites for hydroxylation is 1. The minimum Gasteiger partial charge on any atom is -0.353 e.